The van der Waals surface area contributed by atoms with Gasteiger partial charge in [-0.15, -0.1) is 0 Å². The highest BCUT2D eigenvalue weighted by atomic mass is 127. The van der Waals surface area contributed by atoms with Crippen molar-refractivity contribution in [2.75, 3.05) is 0 Å². The molecule has 0 amide bonds. The first-order valence-electron chi connectivity index (χ1n) is 8.65. The first kappa shape index (κ1) is 19.0. The molecule has 1 aromatic rings. The average Bonchev–Trinajstić information content (AvgIpc) is 2.69. The van der Waals surface area contributed by atoms with E-state index >= 15 is 0 Å². The molecule has 122 valence electrons. The molecular weight excluding hydrogens is 371 g/mol. The van der Waals surface area contributed by atoms with Crippen molar-refractivity contribution in [3.63, 3.8) is 0 Å². The lowest BCUT2D eigenvalue weighted by Gasteiger charge is -2.30. The van der Waals surface area contributed by atoms with E-state index in [4.69, 9.17) is 0 Å². The average molecular weight is 404 g/mol. The molecule has 1 heterocycles. The highest BCUT2D eigenvalue weighted by Crippen LogP contribution is 2.39. The number of aromatic nitrogens is 2. The summed E-state index contributed by atoms with van der Waals surface area (Å²) in [5.41, 5.74) is 3.05. The molecule has 0 aliphatic heterocycles. The Hall–Kier alpha value is -0.0600. The van der Waals surface area contributed by atoms with Crippen molar-refractivity contribution in [3.05, 3.63) is 15.0 Å². The zero-order valence-corrected chi connectivity index (χ0v) is 16.8. The van der Waals surface area contributed by atoms with E-state index in [1.165, 1.54) is 72.7 Å². The van der Waals surface area contributed by atoms with E-state index in [0.717, 1.165) is 0 Å². The van der Waals surface area contributed by atoms with Gasteiger partial charge in [0, 0.05) is 12.6 Å². The summed E-state index contributed by atoms with van der Waals surface area (Å²) in [7, 11) is 2.07. The number of nitrogens with zero attached hydrogens (tertiary/aromatic N) is 2. The molecule has 2 nitrogen and oxygen atoms in total. The van der Waals surface area contributed by atoms with Gasteiger partial charge >= 0.3 is 0 Å². The molecule has 0 aromatic carbocycles. The summed E-state index contributed by atoms with van der Waals surface area (Å²) in [6, 6.07) is 0. The monoisotopic (exact) mass is 404 g/mol. The van der Waals surface area contributed by atoms with Crippen molar-refractivity contribution in [1.29, 1.82) is 0 Å². The molecular formula is C18H33IN2. The molecule has 1 atom stereocenters. The van der Waals surface area contributed by atoms with Crippen LogP contribution in [0.15, 0.2) is 0 Å². The third kappa shape index (κ3) is 5.26. The van der Waals surface area contributed by atoms with Crippen LogP contribution in [0.25, 0.3) is 0 Å². The Labute approximate surface area is 145 Å². The molecule has 0 radical (unpaired) electrons. The fourth-order valence-corrected chi connectivity index (χ4v) is 4.55. The van der Waals surface area contributed by atoms with Crippen LogP contribution in [0.5, 0.6) is 0 Å². The normalized spacial score (nSPS) is 14.4. The maximum absolute atomic E-state index is 4.66. The summed E-state index contributed by atoms with van der Waals surface area (Å²) < 4.78 is 3.38. The van der Waals surface area contributed by atoms with Gasteiger partial charge in [-0.3, -0.25) is 4.68 Å². The predicted molar refractivity (Wildman–Crippen MR) is 101 cm³/mol. The third-order valence-corrected chi connectivity index (χ3v) is 5.91. The first-order valence-corrected chi connectivity index (χ1v) is 9.73. The highest BCUT2D eigenvalue weighted by molar-refractivity contribution is 14.1. The number of aryl methyl sites for hydroxylation is 2. The Morgan fingerprint density at radius 2 is 1.52 bits per heavy atom. The summed E-state index contributed by atoms with van der Waals surface area (Å²) in [5.74, 6) is 0. The standard InChI is InChI=1S/C18H33IN2/c1-6-8-10-12-14-18(4,13-11-9-7-2)16-15(3)20-21(5)17(16)19/h6-14H2,1-5H3. The van der Waals surface area contributed by atoms with Crippen molar-refractivity contribution in [2.45, 2.75) is 90.9 Å². The second-order valence-electron chi connectivity index (χ2n) is 6.70. The Balaban J connectivity index is 2.88. The van der Waals surface area contributed by atoms with Gasteiger partial charge < -0.3 is 0 Å². The minimum absolute atomic E-state index is 0.303. The van der Waals surface area contributed by atoms with Crippen molar-refractivity contribution < 1.29 is 0 Å². The van der Waals surface area contributed by atoms with Crippen LogP contribution in [0.2, 0.25) is 0 Å². The number of rotatable bonds is 10. The molecule has 0 aliphatic rings. The number of hydrogen-bond acceptors (Lipinski definition) is 1. The van der Waals surface area contributed by atoms with Crippen LogP contribution in [0, 0.1) is 10.6 Å². The molecule has 0 fully saturated rings. The fourth-order valence-electron chi connectivity index (χ4n) is 3.40. The molecule has 1 aromatic heterocycles. The Morgan fingerprint density at radius 3 is 2.00 bits per heavy atom. The molecule has 0 spiro atoms. The van der Waals surface area contributed by atoms with Gasteiger partial charge in [0.1, 0.15) is 3.70 Å². The van der Waals surface area contributed by atoms with Crippen LogP contribution in [-0.2, 0) is 12.5 Å². The lowest BCUT2D eigenvalue weighted by molar-refractivity contribution is 0.362. The number of unbranched alkanes of at least 4 members (excludes halogenated alkanes) is 5. The van der Waals surface area contributed by atoms with Crippen LogP contribution in [0.3, 0.4) is 0 Å². The van der Waals surface area contributed by atoms with Crippen LogP contribution in [-0.4, -0.2) is 9.78 Å². The lowest BCUT2D eigenvalue weighted by Crippen LogP contribution is -2.24. The minimum Gasteiger partial charge on any atom is -0.262 e. The van der Waals surface area contributed by atoms with Gasteiger partial charge in [-0.25, -0.2) is 0 Å². The summed E-state index contributed by atoms with van der Waals surface area (Å²) in [4.78, 5) is 0. The molecule has 3 heteroatoms. The maximum Gasteiger partial charge on any atom is 0.103 e. The highest BCUT2D eigenvalue weighted by Gasteiger charge is 2.31. The second kappa shape index (κ2) is 9.16. The van der Waals surface area contributed by atoms with Gasteiger partial charge in [-0.1, -0.05) is 65.7 Å². The molecule has 0 aliphatic carbocycles. The Bertz CT molecular complexity index is 425. The van der Waals surface area contributed by atoms with Gasteiger partial charge in [-0.2, -0.15) is 5.10 Å². The second-order valence-corrected chi connectivity index (χ2v) is 7.73. The van der Waals surface area contributed by atoms with Crippen LogP contribution in [0.4, 0.5) is 0 Å². The molecule has 1 unspecified atom stereocenters. The van der Waals surface area contributed by atoms with E-state index < -0.39 is 0 Å². The smallest absolute Gasteiger partial charge is 0.103 e. The van der Waals surface area contributed by atoms with E-state index in [-0.39, 0.29) is 0 Å². The van der Waals surface area contributed by atoms with E-state index in [1.807, 2.05) is 0 Å². The predicted octanol–water partition coefficient (Wildman–Crippen LogP) is 6.14. The third-order valence-electron chi connectivity index (χ3n) is 4.67. The molecule has 1 rings (SSSR count). The molecule has 0 N–H and O–H groups in total. The van der Waals surface area contributed by atoms with E-state index in [0.29, 0.717) is 5.41 Å². The lowest BCUT2D eigenvalue weighted by atomic mass is 9.74. The van der Waals surface area contributed by atoms with Crippen LogP contribution >= 0.6 is 22.6 Å². The van der Waals surface area contributed by atoms with Gasteiger partial charge in [0.2, 0.25) is 0 Å². The largest absolute Gasteiger partial charge is 0.262 e. The molecule has 0 saturated carbocycles. The van der Waals surface area contributed by atoms with Gasteiger partial charge in [0.15, 0.2) is 0 Å². The maximum atomic E-state index is 4.66. The number of halogens is 1. The quantitative estimate of drug-likeness (QED) is 0.338. The Kier molecular flexibility index (Phi) is 8.28. The van der Waals surface area contributed by atoms with Crippen LogP contribution in [0.1, 0.15) is 89.8 Å². The minimum atomic E-state index is 0.303. The molecule has 21 heavy (non-hydrogen) atoms. The van der Waals surface area contributed by atoms with Crippen LogP contribution < -0.4 is 0 Å². The molecule has 0 saturated heterocycles. The Morgan fingerprint density at radius 1 is 1.00 bits per heavy atom. The molecule has 0 bridgehead atoms. The SMILES string of the molecule is CCCCCCC(C)(CCCCC)c1c(C)nn(C)c1I. The van der Waals surface area contributed by atoms with Gasteiger partial charge in [-0.05, 0) is 47.8 Å². The number of hydrogen-bond donors (Lipinski definition) is 0. The van der Waals surface area contributed by atoms with E-state index in [1.54, 1.807) is 0 Å². The van der Waals surface area contributed by atoms with E-state index in [9.17, 15) is 0 Å². The van der Waals surface area contributed by atoms with Crippen molar-refractivity contribution in [2.24, 2.45) is 7.05 Å². The van der Waals surface area contributed by atoms with Gasteiger partial charge in [0.25, 0.3) is 0 Å². The summed E-state index contributed by atoms with van der Waals surface area (Å²) in [6.07, 6.45) is 12.0. The first-order chi connectivity index (χ1) is 9.96. The van der Waals surface area contributed by atoms with Crippen molar-refractivity contribution in [3.8, 4) is 0 Å². The van der Waals surface area contributed by atoms with Crippen molar-refractivity contribution in [1.82, 2.24) is 9.78 Å². The summed E-state index contributed by atoms with van der Waals surface area (Å²) in [6.45, 7) is 9.23. The van der Waals surface area contributed by atoms with Gasteiger partial charge in [0.05, 0.1) is 5.69 Å². The fraction of sp³-hybridized carbons (Fsp3) is 0.833. The van der Waals surface area contributed by atoms with E-state index in [2.05, 4.69) is 67.1 Å². The van der Waals surface area contributed by atoms with Crippen molar-refractivity contribution >= 4 is 22.6 Å². The topological polar surface area (TPSA) is 17.8 Å². The zero-order valence-electron chi connectivity index (χ0n) is 14.6. The summed E-state index contributed by atoms with van der Waals surface area (Å²) >= 11 is 2.48. The zero-order chi connectivity index (χ0) is 15.9. The summed E-state index contributed by atoms with van der Waals surface area (Å²) in [5, 5.41) is 4.66.